The van der Waals surface area contributed by atoms with Crippen molar-refractivity contribution in [1.82, 2.24) is 9.80 Å². The average molecular weight is 260 g/mol. The standard InChI is InChI=1S/C17H28N2/c1-3-12-18-13-10-17(11-14-18)19(4-2)15-16-8-6-5-7-9-16/h5-9,17H,3-4,10-15H2,1-2H3. The highest BCUT2D eigenvalue weighted by Crippen LogP contribution is 2.18. The summed E-state index contributed by atoms with van der Waals surface area (Å²) in [6.07, 6.45) is 3.95. The molecule has 1 fully saturated rings. The van der Waals surface area contributed by atoms with E-state index in [1.807, 2.05) is 0 Å². The van der Waals surface area contributed by atoms with Gasteiger partial charge >= 0.3 is 0 Å². The molecule has 1 aliphatic rings. The number of hydrogen-bond donors (Lipinski definition) is 0. The van der Waals surface area contributed by atoms with Crippen LogP contribution in [-0.4, -0.2) is 42.0 Å². The molecular formula is C17H28N2. The van der Waals surface area contributed by atoms with E-state index in [2.05, 4.69) is 54.0 Å². The molecule has 1 aromatic rings. The van der Waals surface area contributed by atoms with Gasteiger partial charge in [-0.05, 0) is 51.0 Å². The first-order valence-corrected chi connectivity index (χ1v) is 7.83. The van der Waals surface area contributed by atoms with E-state index < -0.39 is 0 Å². The largest absolute Gasteiger partial charge is 0.303 e. The third-order valence-corrected chi connectivity index (χ3v) is 4.25. The van der Waals surface area contributed by atoms with Gasteiger partial charge in [-0.3, -0.25) is 4.90 Å². The molecule has 1 saturated heterocycles. The highest BCUT2D eigenvalue weighted by molar-refractivity contribution is 5.14. The summed E-state index contributed by atoms with van der Waals surface area (Å²) in [5.41, 5.74) is 1.44. The van der Waals surface area contributed by atoms with Gasteiger partial charge in [-0.25, -0.2) is 0 Å². The van der Waals surface area contributed by atoms with E-state index in [4.69, 9.17) is 0 Å². The minimum atomic E-state index is 0.776. The summed E-state index contributed by atoms with van der Waals surface area (Å²) in [4.78, 5) is 5.27. The molecule has 0 amide bonds. The zero-order valence-electron chi connectivity index (χ0n) is 12.5. The van der Waals surface area contributed by atoms with Crippen LogP contribution in [-0.2, 0) is 6.54 Å². The third kappa shape index (κ3) is 4.32. The van der Waals surface area contributed by atoms with Gasteiger partial charge in [0.25, 0.3) is 0 Å². The lowest BCUT2D eigenvalue weighted by atomic mass is 10.0. The van der Waals surface area contributed by atoms with Crippen molar-refractivity contribution in [3.05, 3.63) is 35.9 Å². The summed E-state index contributed by atoms with van der Waals surface area (Å²) < 4.78 is 0. The fourth-order valence-corrected chi connectivity index (χ4v) is 3.14. The molecule has 0 radical (unpaired) electrons. The van der Waals surface area contributed by atoms with E-state index in [0.29, 0.717) is 0 Å². The van der Waals surface area contributed by atoms with Crippen LogP contribution < -0.4 is 0 Å². The van der Waals surface area contributed by atoms with Crippen molar-refractivity contribution in [2.45, 2.75) is 45.7 Å². The van der Waals surface area contributed by atoms with Gasteiger partial charge in [0.1, 0.15) is 0 Å². The Hall–Kier alpha value is -0.860. The molecule has 2 nitrogen and oxygen atoms in total. The third-order valence-electron chi connectivity index (χ3n) is 4.25. The van der Waals surface area contributed by atoms with Crippen molar-refractivity contribution in [3.8, 4) is 0 Å². The zero-order chi connectivity index (χ0) is 13.5. The highest BCUT2D eigenvalue weighted by atomic mass is 15.2. The monoisotopic (exact) mass is 260 g/mol. The molecule has 106 valence electrons. The molecule has 1 aliphatic heterocycles. The number of hydrogen-bond acceptors (Lipinski definition) is 2. The molecule has 0 N–H and O–H groups in total. The Bertz CT molecular complexity index is 342. The van der Waals surface area contributed by atoms with Crippen LogP contribution in [0.2, 0.25) is 0 Å². The van der Waals surface area contributed by atoms with Crippen molar-refractivity contribution < 1.29 is 0 Å². The van der Waals surface area contributed by atoms with E-state index in [0.717, 1.165) is 19.1 Å². The molecule has 0 spiro atoms. The van der Waals surface area contributed by atoms with Gasteiger partial charge in [-0.15, -0.1) is 0 Å². The summed E-state index contributed by atoms with van der Waals surface area (Å²) >= 11 is 0. The first-order chi connectivity index (χ1) is 9.33. The van der Waals surface area contributed by atoms with E-state index in [-0.39, 0.29) is 0 Å². The second-order valence-corrected chi connectivity index (χ2v) is 5.62. The molecular weight excluding hydrogens is 232 g/mol. The Labute approximate surface area is 118 Å². The molecule has 0 unspecified atom stereocenters. The molecule has 2 heteroatoms. The minimum absolute atomic E-state index is 0.776. The molecule has 2 rings (SSSR count). The van der Waals surface area contributed by atoms with Crippen LogP contribution in [0.25, 0.3) is 0 Å². The summed E-state index contributed by atoms with van der Waals surface area (Å²) in [6.45, 7) is 10.7. The van der Waals surface area contributed by atoms with Crippen molar-refractivity contribution in [3.63, 3.8) is 0 Å². The van der Waals surface area contributed by atoms with Gasteiger partial charge < -0.3 is 4.90 Å². The van der Waals surface area contributed by atoms with Gasteiger partial charge in [0.2, 0.25) is 0 Å². The van der Waals surface area contributed by atoms with E-state index in [1.54, 1.807) is 0 Å². The van der Waals surface area contributed by atoms with Crippen LogP contribution in [0, 0.1) is 0 Å². The van der Waals surface area contributed by atoms with Crippen LogP contribution in [0.15, 0.2) is 30.3 Å². The Kier molecular flexibility index (Phi) is 5.87. The maximum absolute atomic E-state index is 2.65. The average Bonchev–Trinajstić information content (AvgIpc) is 2.47. The van der Waals surface area contributed by atoms with Gasteiger partial charge in [0, 0.05) is 12.6 Å². The van der Waals surface area contributed by atoms with Crippen LogP contribution in [0.5, 0.6) is 0 Å². The number of likely N-dealkylation sites (tertiary alicyclic amines) is 1. The van der Waals surface area contributed by atoms with Gasteiger partial charge in [-0.2, -0.15) is 0 Å². The highest BCUT2D eigenvalue weighted by Gasteiger charge is 2.23. The molecule has 1 aromatic carbocycles. The molecule has 19 heavy (non-hydrogen) atoms. The lowest BCUT2D eigenvalue weighted by Crippen LogP contribution is -2.44. The summed E-state index contributed by atoms with van der Waals surface area (Å²) in [5, 5.41) is 0. The van der Waals surface area contributed by atoms with Crippen molar-refractivity contribution in [1.29, 1.82) is 0 Å². The van der Waals surface area contributed by atoms with E-state index >= 15 is 0 Å². The summed E-state index contributed by atoms with van der Waals surface area (Å²) in [7, 11) is 0. The van der Waals surface area contributed by atoms with Crippen molar-refractivity contribution in [2.24, 2.45) is 0 Å². The van der Waals surface area contributed by atoms with Crippen molar-refractivity contribution >= 4 is 0 Å². The molecule has 0 aromatic heterocycles. The van der Waals surface area contributed by atoms with Crippen molar-refractivity contribution in [2.75, 3.05) is 26.2 Å². The fraction of sp³-hybridized carbons (Fsp3) is 0.647. The lowest BCUT2D eigenvalue weighted by molar-refractivity contribution is 0.107. The maximum atomic E-state index is 2.65. The first-order valence-electron chi connectivity index (χ1n) is 7.83. The molecule has 0 aliphatic carbocycles. The Morgan fingerprint density at radius 2 is 1.79 bits per heavy atom. The lowest BCUT2D eigenvalue weighted by Gasteiger charge is -2.38. The first kappa shape index (κ1) is 14.5. The number of rotatable bonds is 6. The Morgan fingerprint density at radius 1 is 1.11 bits per heavy atom. The van der Waals surface area contributed by atoms with Crippen LogP contribution in [0.1, 0.15) is 38.7 Å². The van der Waals surface area contributed by atoms with Gasteiger partial charge in [0.05, 0.1) is 0 Å². The SMILES string of the molecule is CCCN1CCC(N(CC)Cc2ccccc2)CC1. The Morgan fingerprint density at radius 3 is 2.37 bits per heavy atom. The zero-order valence-corrected chi connectivity index (χ0v) is 12.5. The van der Waals surface area contributed by atoms with E-state index in [9.17, 15) is 0 Å². The molecule has 0 atom stereocenters. The molecule has 1 heterocycles. The summed E-state index contributed by atoms with van der Waals surface area (Å²) in [5.74, 6) is 0. The Balaban J connectivity index is 1.85. The topological polar surface area (TPSA) is 6.48 Å². The number of nitrogens with zero attached hydrogens (tertiary/aromatic N) is 2. The van der Waals surface area contributed by atoms with E-state index in [1.165, 1.54) is 44.5 Å². The quantitative estimate of drug-likeness (QED) is 0.773. The van der Waals surface area contributed by atoms with Gasteiger partial charge in [0.15, 0.2) is 0 Å². The maximum Gasteiger partial charge on any atom is 0.0236 e. The summed E-state index contributed by atoms with van der Waals surface area (Å²) in [6, 6.07) is 11.7. The fourth-order valence-electron chi connectivity index (χ4n) is 3.14. The van der Waals surface area contributed by atoms with Crippen LogP contribution in [0.4, 0.5) is 0 Å². The smallest absolute Gasteiger partial charge is 0.0236 e. The second-order valence-electron chi connectivity index (χ2n) is 5.62. The molecule has 0 saturated carbocycles. The number of benzene rings is 1. The predicted octanol–water partition coefficient (Wildman–Crippen LogP) is 3.38. The van der Waals surface area contributed by atoms with Crippen LogP contribution in [0.3, 0.4) is 0 Å². The second kappa shape index (κ2) is 7.66. The molecule has 0 bridgehead atoms. The predicted molar refractivity (Wildman–Crippen MR) is 82.3 cm³/mol. The minimum Gasteiger partial charge on any atom is -0.303 e. The number of piperidine rings is 1. The van der Waals surface area contributed by atoms with Crippen LogP contribution >= 0.6 is 0 Å². The normalized spacial score (nSPS) is 18.1. The van der Waals surface area contributed by atoms with Gasteiger partial charge in [-0.1, -0.05) is 44.2 Å².